The van der Waals surface area contributed by atoms with Gasteiger partial charge in [-0.3, -0.25) is 4.79 Å². The first-order valence-corrected chi connectivity index (χ1v) is 13.6. The summed E-state index contributed by atoms with van der Waals surface area (Å²) in [6.45, 7) is 8.47. The topological polar surface area (TPSA) is 17.1 Å². The number of ketones is 1. The van der Waals surface area contributed by atoms with Crippen molar-refractivity contribution >= 4 is 16.6 Å². The monoisotopic (exact) mass is 434 g/mol. The highest BCUT2D eigenvalue weighted by atomic mass is 16.1. The summed E-state index contributed by atoms with van der Waals surface area (Å²) in [5.74, 6) is 2.57. The van der Waals surface area contributed by atoms with Crippen LogP contribution in [0.3, 0.4) is 0 Å². The van der Waals surface area contributed by atoms with Crippen LogP contribution in [0.2, 0.25) is 0 Å². The van der Waals surface area contributed by atoms with Crippen LogP contribution in [0, 0.1) is 11.8 Å². The molecule has 2 fully saturated rings. The molecule has 0 aromatic heterocycles. The van der Waals surface area contributed by atoms with Crippen molar-refractivity contribution in [2.45, 2.75) is 117 Å². The Morgan fingerprint density at radius 2 is 1.59 bits per heavy atom. The molecule has 176 valence electrons. The largest absolute Gasteiger partial charge is 0.295 e. The van der Waals surface area contributed by atoms with Crippen LogP contribution in [-0.4, -0.2) is 5.78 Å². The minimum atomic E-state index is 0.174. The summed E-state index contributed by atoms with van der Waals surface area (Å²) in [6, 6.07) is 11.2. The third kappa shape index (κ3) is 6.69. The first kappa shape index (κ1) is 25.0. The van der Waals surface area contributed by atoms with E-state index in [9.17, 15) is 4.79 Å². The van der Waals surface area contributed by atoms with Crippen LogP contribution in [0.5, 0.6) is 0 Å². The van der Waals surface area contributed by atoms with Crippen molar-refractivity contribution in [1.29, 1.82) is 0 Å². The Morgan fingerprint density at radius 1 is 0.875 bits per heavy atom. The van der Waals surface area contributed by atoms with Gasteiger partial charge in [0.05, 0.1) is 0 Å². The second-order valence-corrected chi connectivity index (χ2v) is 10.4. The van der Waals surface area contributed by atoms with Crippen LogP contribution in [-0.2, 0) is 6.42 Å². The van der Waals surface area contributed by atoms with Crippen LogP contribution < -0.4 is 0 Å². The maximum Gasteiger partial charge on any atom is 0.159 e. The summed E-state index contributed by atoms with van der Waals surface area (Å²) in [5.41, 5.74) is 3.84. The smallest absolute Gasteiger partial charge is 0.159 e. The number of benzene rings is 2. The zero-order valence-corrected chi connectivity index (χ0v) is 21.2. The number of unbranched alkanes of at least 4 members (excludes halogenated alkanes) is 4. The summed E-state index contributed by atoms with van der Waals surface area (Å²) in [7, 11) is 0. The molecule has 0 amide bonds. The van der Waals surface area contributed by atoms with Gasteiger partial charge in [-0.25, -0.2) is 0 Å². The van der Waals surface area contributed by atoms with Crippen molar-refractivity contribution in [2.75, 3.05) is 0 Å². The molecule has 0 aliphatic heterocycles. The molecule has 32 heavy (non-hydrogen) atoms. The Kier molecular flexibility index (Phi) is 9.82. The molecule has 2 aromatic carbocycles. The first-order valence-electron chi connectivity index (χ1n) is 13.6. The van der Waals surface area contributed by atoms with E-state index in [2.05, 4.69) is 45.0 Å². The maximum absolute atomic E-state index is 11.9. The average Bonchev–Trinajstić information content (AvgIpc) is 3.60. The normalized spacial score (nSPS) is 20.6. The SMILES string of the molecule is CCC1C[C@H]1c1ccc(CC2CCCCC2)c2ccc(C(C)=O)cc12.CCCCCCC. The molecule has 1 heteroatoms. The van der Waals surface area contributed by atoms with E-state index in [-0.39, 0.29) is 5.78 Å². The van der Waals surface area contributed by atoms with E-state index in [1.165, 1.54) is 105 Å². The number of carbonyl (C=O) groups is 1. The van der Waals surface area contributed by atoms with Crippen molar-refractivity contribution in [3.63, 3.8) is 0 Å². The molecular weight excluding hydrogens is 388 g/mol. The Morgan fingerprint density at radius 3 is 2.19 bits per heavy atom. The van der Waals surface area contributed by atoms with Gasteiger partial charge in [0.1, 0.15) is 0 Å². The molecule has 2 saturated carbocycles. The molecule has 2 aliphatic carbocycles. The molecule has 0 spiro atoms. The second-order valence-electron chi connectivity index (χ2n) is 10.4. The zero-order valence-electron chi connectivity index (χ0n) is 21.2. The number of hydrogen-bond acceptors (Lipinski definition) is 1. The lowest BCUT2D eigenvalue weighted by atomic mass is 9.83. The highest BCUT2D eigenvalue weighted by Gasteiger charge is 2.37. The zero-order chi connectivity index (χ0) is 22.9. The van der Waals surface area contributed by atoms with E-state index in [0.29, 0.717) is 5.92 Å². The predicted octanol–water partition coefficient (Wildman–Crippen LogP) is 9.66. The molecule has 0 radical (unpaired) electrons. The van der Waals surface area contributed by atoms with Gasteiger partial charge in [-0.1, -0.05) is 116 Å². The standard InChI is InChI=1S/C24H30O.C7H16/c1-3-18-14-23(18)22-12-10-20(13-17-7-5-4-6-8-17)21-11-9-19(16(2)25)15-24(21)22;1-3-5-7-6-4-2/h9-12,15,17-18,23H,3-8,13-14H2,1-2H3;3-7H2,1-2H3/t18?,23-;/m1./s1. The molecule has 0 bridgehead atoms. The third-order valence-electron chi connectivity index (χ3n) is 7.83. The van der Waals surface area contributed by atoms with E-state index >= 15 is 0 Å². The maximum atomic E-state index is 11.9. The molecule has 1 unspecified atom stereocenters. The Balaban J connectivity index is 0.000000360. The lowest BCUT2D eigenvalue weighted by Crippen LogP contribution is -2.09. The van der Waals surface area contributed by atoms with Crippen molar-refractivity contribution in [2.24, 2.45) is 11.8 Å². The Labute approximate surface area is 197 Å². The van der Waals surface area contributed by atoms with Gasteiger partial charge in [0.15, 0.2) is 5.78 Å². The fourth-order valence-corrected chi connectivity index (χ4v) is 5.61. The number of hydrogen-bond donors (Lipinski definition) is 0. The van der Waals surface area contributed by atoms with Crippen LogP contribution in [0.25, 0.3) is 10.8 Å². The van der Waals surface area contributed by atoms with Crippen molar-refractivity contribution < 1.29 is 4.79 Å². The van der Waals surface area contributed by atoms with Gasteiger partial charge in [0, 0.05) is 5.56 Å². The van der Waals surface area contributed by atoms with Crippen LogP contribution >= 0.6 is 0 Å². The molecular formula is C31H46O. The molecule has 0 saturated heterocycles. The van der Waals surface area contributed by atoms with Crippen molar-refractivity contribution in [1.82, 2.24) is 0 Å². The van der Waals surface area contributed by atoms with Crippen LogP contribution in [0.4, 0.5) is 0 Å². The van der Waals surface area contributed by atoms with Gasteiger partial charge < -0.3 is 0 Å². The molecule has 2 aliphatic rings. The van der Waals surface area contributed by atoms with Gasteiger partial charge >= 0.3 is 0 Å². The van der Waals surface area contributed by atoms with E-state index in [4.69, 9.17) is 0 Å². The third-order valence-corrected chi connectivity index (χ3v) is 7.83. The molecule has 2 atom stereocenters. The lowest BCUT2D eigenvalue weighted by Gasteiger charge is -2.23. The number of fused-ring (bicyclic) bond motifs is 1. The Bertz CT molecular complexity index is 854. The van der Waals surface area contributed by atoms with Crippen LogP contribution in [0.15, 0.2) is 30.3 Å². The van der Waals surface area contributed by atoms with Gasteiger partial charge in [-0.05, 0) is 65.5 Å². The summed E-state index contributed by atoms with van der Waals surface area (Å²) in [6.07, 6.45) is 17.8. The predicted molar refractivity (Wildman–Crippen MR) is 140 cm³/mol. The second kappa shape index (κ2) is 12.6. The van der Waals surface area contributed by atoms with Gasteiger partial charge in [0.2, 0.25) is 0 Å². The van der Waals surface area contributed by atoms with Gasteiger partial charge in [-0.15, -0.1) is 0 Å². The summed E-state index contributed by atoms with van der Waals surface area (Å²) < 4.78 is 0. The summed E-state index contributed by atoms with van der Waals surface area (Å²) >= 11 is 0. The summed E-state index contributed by atoms with van der Waals surface area (Å²) in [4.78, 5) is 11.9. The van der Waals surface area contributed by atoms with E-state index in [0.717, 1.165) is 17.4 Å². The number of carbonyl (C=O) groups excluding carboxylic acids is 1. The van der Waals surface area contributed by atoms with Crippen molar-refractivity contribution in [3.8, 4) is 0 Å². The van der Waals surface area contributed by atoms with Crippen LogP contribution in [0.1, 0.15) is 132 Å². The average molecular weight is 435 g/mol. The quantitative estimate of drug-likeness (QED) is 0.283. The highest BCUT2D eigenvalue weighted by molar-refractivity contribution is 6.00. The fourth-order valence-electron chi connectivity index (χ4n) is 5.61. The van der Waals surface area contributed by atoms with E-state index in [1.807, 2.05) is 6.07 Å². The highest BCUT2D eigenvalue weighted by Crippen LogP contribution is 2.51. The molecule has 2 aromatic rings. The van der Waals surface area contributed by atoms with E-state index in [1.54, 1.807) is 6.92 Å². The molecule has 0 heterocycles. The van der Waals surface area contributed by atoms with Gasteiger partial charge in [0.25, 0.3) is 0 Å². The van der Waals surface area contributed by atoms with Gasteiger partial charge in [-0.2, -0.15) is 0 Å². The minimum Gasteiger partial charge on any atom is -0.295 e. The lowest BCUT2D eigenvalue weighted by molar-refractivity contribution is 0.101. The minimum absolute atomic E-state index is 0.174. The first-order chi connectivity index (χ1) is 15.6. The molecule has 0 N–H and O–H groups in total. The number of rotatable bonds is 9. The summed E-state index contributed by atoms with van der Waals surface area (Å²) in [5, 5.41) is 2.75. The Hall–Kier alpha value is -1.63. The fraction of sp³-hybridized carbons (Fsp3) is 0.645. The van der Waals surface area contributed by atoms with Crippen molar-refractivity contribution in [3.05, 3.63) is 47.0 Å². The van der Waals surface area contributed by atoms with E-state index < -0.39 is 0 Å². The number of Topliss-reactive ketones (excluding diaryl/α,β-unsaturated/α-hetero) is 1. The molecule has 4 rings (SSSR count). The molecule has 1 nitrogen and oxygen atoms in total.